The van der Waals surface area contributed by atoms with E-state index in [9.17, 15) is 4.79 Å². The molecule has 1 aromatic carbocycles. The van der Waals surface area contributed by atoms with Crippen LogP contribution in [0.5, 0.6) is 0 Å². The Bertz CT molecular complexity index is 475. The minimum Gasteiger partial charge on any atom is -0.342 e. The van der Waals surface area contributed by atoms with Crippen molar-refractivity contribution in [2.24, 2.45) is 0 Å². The molecule has 1 fully saturated rings. The van der Waals surface area contributed by atoms with E-state index in [1.54, 1.807) is 15.9 Å². The highest BCUT2D eigenvalue weighted by Crippen LogP contribution is 2.26. The predicted octanol–water partition coefficient (Wildman–Crippen LogP) is 2.21. The van der Waals surface area contributed by atoms with Crippen LogP contribution in [-0.2, 0) is 4.79 Å². The molecule has 84 valence electrons. The zero-order valence-electron chi connectivity index (χ0n) is 9.03. The van der Waals surface area contributed by atoms with E-state index in [2.05, 4.69) is 0 Å². The third kappa shape index (κ3) is 1.79. The highest BCUT2D eigenvalue weighted by atomic mass is 35.5. The van der Waals surface area contributed by atoms with E-state index in [1.165, 1.54) is 0 Å². The highest BCUT2D eigenvalue weighted by Gasteiger charge is 2.32. The lowest BCUT2D eigenvalue weighted by Crippen LogP contribution is -2.31. The number of likely N-dealkylation sites (N-methyl/N-ethyl adjacent to an activating group) is 1. The fourth-order valence-electron chi connectivity index (χ4n) is 1.73. The first-order valence-electron chi connectivity index (χ1n) is 4.85. The number of hydrogen-bond acceptors (Lipinski definition) is 2. The summed E-state index contributed by atoms with van der Waals surface area (Å²) in [6, 6.07) is 5.41. The molecule has 1 amide bonds. The molecule has 3 nitrogen and oxygen atoms in total. The molecule has 0 atom stereocenters. The number of aryl methyl sites for hydroxylation is 1. The normalized spacial score (nSPS) is 16.2. The number of nitrogens with zero attached hydrogens (tertiary/aromatic N) is 2. The molecule has 0 spiro atoms. The van der Waals surface area contributed by atoms with Gasteiger partial charge in [0.2, 0.25) is 0 Å². The van der Waals surface area contributed by atoms with Gasteiger partial charge in [-0.3, -0.25) is 9.69 Å². The van der Waals surface area contributed by atoms with Crippen LogP contribution in [0.2, 0.25) is 5.02 Å². The highest BCUT2D eigenvalue weighted by molar-refractivity contribution is 7.80. The molecule has 0 aliphatic carbocycles. The van der Waals surface area contributed by atoms with Gasteiger partial charge in [0.05, 0.1) is 12.2 Å². The smallest absolute Gasteiger partial charge is 0.252 e. The fourth-order valence-corrected chi connectivity index (χ4v) is 2.22. The van der Waals surface area contributed by atoms with Gasteiger partial charge >= 0.3 is 0 Å². The van der Waals surface area contributed by atoms with Gasteiger partial charge in [-0.1, -0.05) is 11.6 Å². The van der Waals surface area contributed by atoms with Gasteiger partial charge in [0.15, 0.2) is 5.11 Å². The molecular formula is C11H11ClN2OS. The second-order valence-corrected chi connectivity index (χ2v) is 4.60. The maximum absolute atomic E-state index is 11.8. The standard InChI is InChI=1S/C11H11ClN2OS/c1-7-5-8(12)3-4-9(7)14-10(15)6-13(2)11(14)16/h3-5H,6H2,1-2H3. The van der Waals surface area contributed by atoms with Crippen molar-refractivity contribution in [3.8, 4) is 0 Å². The van der Waals surface area contributed by atoms with Crippen LogP contribution in [0.25, 0.3) is 0 Å². The van der Waals surface area contributed by atoms with Crippen LogP contribution in [0.15, 0.2) is 18.2 Å². The molecule has 0 bridgehead atoms. The summed E-state index contributed by atoms with van der Waals surface area (Å²) >= 11 is 11.1. The fraction of sp³-hybridized carbons (Fsp3) is 0.273. The third-order valence-electron chi connectivity index (χ3n) is 2.54. The third-order valence-corrected chi connectivity index (χ3v) is 3.27. The molecule has 1 aliphatic heterocycles. The first-order valence-corrected chi connectivity index (χ1v) is 5.63. The van der Waals surface area contributed by atoms with Crippen LogP contribution in [0.4, 0.5) is 5.69 Å². The maximum atomic E-state index is 11.8. The largest absolute Gasteiger partial charge is 0.342 e. The molecule has 2 rings (SSSR count). The number of rotatable bonds is 1. The summed E-state index contributed by atoms with van der Waals surface area (Å²) in [7, 11) is 1.81. The number of thiocarbonyl (C=S) groups is 1. The molecule has 0 unspecified atom stereocenters. The topological polar surface area (TPSA) is 23.6 Å². The van der Waals surface area contributed by atoms with Crippen LogP contribution < -0.4 is 4.90 Å². The van der Waals surface area contributed by atoms with Crippen molar-refractivity contribution in [1.29, 1.82) is 0 Å². The molecule has 1 heterocycles. The Labute approximate surface area is 105 Å². The lowest BCUT2D eigenvalue weighted by Gasteiger charge is -2.19. The van der Waals surface area contributed by atoms with Crippen molar-refractivity contribution < 1.29 is 4.79 Å². The van der Waals surface area contributed by atoms with Crippen molar-refractivity contribution in [2.75, 3.05) is 18.5 Å². The molecule has 0 radical (unpaired) electrons. The number of carbonyl (C=O) groups excluding carboxylic acids is 1. The summed E-state index contributed by atoms with van der Waals surface area (Å²) in [5.74, 6) is -0.00192. The summed E-state index contributed by atoms with van der Waals surface area (Å²) in [4.78, 5) is 15.1. The van der Waals surface area contributed by atoms with Crippen molar-refractivity contribution in [2.45, 2.75) is 6.92 Å². The van der Waals surface area contributed by atoms with E-state index in [-0.39, 0.29) is 5.91 Å². The molecule has 1 aliphatic rings. The van der Waals surface area contributed by atoms with E-state index in [0.29, 0.717) is 16.7 Å². The molecule has 1 aromatic rings. The van der Waals surface area contributed by atoms with Crippen molar-refractivity contribution in [3.05, 3.63) is 28.8 Å². The summed E-state index contributed by atoms with van der Waals surface area (Å²) in [6.45, 7) is 2.25. The second-order valence-electron chi connectivity index (χ2n) is 3.80. The van der Waals surface area contributed by atoms with Gasteiger partial charge in [0.25, 0.3) is 5.91 Å². The lowest BCUT2D eigenvalue weighted by atomic mass is 10.2. The molecule has 5 heteroatoms. The van der Waals surface area contributed by atoms with Crippen molar-refractivity contribution in [1.82, 2.24) is 4.90 Å². The first-order chi connectivity index (χ1) is 7.50. The maximum Gasteiger partial charge on any atom is 0.252 e. The van der Waals surface area contributed by atoms with Crippen molar-refractivity contribution >= 4 is 40.5 Å². The predicted molar refractivity (Wildman–Crippen MR) is 68.9 cm³/mol. The van der Waals surface area contributed by atoms with Crippen LogP contribution in [0.3, 0.4) is 0 Å². The van der Waals surface area contributed by atoms with Crippen molar-refractivity contribution in [3.63, 3.8) is 0 Å². The van der Waals surface area contributed by atoms with Gasteiger partial charge in [0.1, 0.15) is 0 Å². The molecule has 0 N–H and O–H groups in total. The Kier molecular flexibility index (Phi) is 2.86. The van der Waals surface area contributed by atoms with E-state index in [1.807, 2.05) is 26.1 Å². The minimum absolute atomic E-state index is 0.00192. The van der Waals surface area contributed by atoms with Gasteiger partial charge in [-0.05, 0) is 42.9 Å². The molecule has 0 saturated carbocycles. The Hall–Kier alpha value is -1.13. The molecular weight excluding hydrogens is 244 g/mol. The van der Waals surface area contributed by atoms with Crippen LogP contribution in [0, 0.1) is 6.92 Å². The Morgan fingerprint density at radius 2 is 2.12 bits per heavy atom. The number of anilines is 1. The van der Waals surface area contributed by atoms with Gasteiger partial charge in [-0.2, -0.15) is 0 Å². The van der Waals surface area contributed by atoms with Gasteiger partial charge in [-0.25, -0.2) is 0 Å². The van der Waals surface area contributed by atoms with E-state index in [0.717, 1.165) is 11.3 Å². The molecule has 16 heavy (non-hydrogen) atoms. The summed E-state index contributed by atoms with van der Waals surface area (Å²) < 4.78 is 0. The Morgan fingerprint density at radius 1 is 1.44 bits per heavy atom. The van der Waals surface area contributed by atoms with E-state index >= 15 is 0 Å². The van der Waals surface area contributed by atoms with Crippen LogP contribution in [-0.4, -0.2) is 29.5 Å². The first kappa shape index (κ1) is 11.4. The number of carbonyl (C=O) groups is 1. The number of benzene rings is 1. The Morgan fingerprint density at radius 3 is 2.62 bits per heavy atom. The second kappa shape index (κ2) is 4.03. The summed E-state index contributed by atoms with van der Waals surface area (Å²) in [5, 5.41) is 1.20. The van der Waals surface area contributed by atoms with E-state index < -0.39 is 0 Å². The minimum atomic E-state index is -0.00192. The molecule has 0 aromatic heterocycles. The average molecular weight is 255 g/mol. The number of amides is 1. The zero-order chi connectivity index (χ0) is 11.9. The zero-order valence-corrected chi connectivity index (χ0v) is 10.6. The monoisotopic (exact) mass is 254 g/mol. The summed E-state index contributed by atoms with van der Waals surface area (Å²) in [6.07, 6.45) is 0. The van der Waals surface area contributed by atoms with Gasteiger partial charge < -0.3 is 4.90 Å². The Balaban J connectivity index is 2.45. The quantitative estimate of drug-likeness (QED) is 0.718. The molecule has 1 saturated heterocycles. The number of halogens is 1. The van der Waals surface area contributed by atoms with Gasteiger partial charge in [0, 0.05) is 12.1 Å². The SMILES string of the molecule is Cc1cc(Cl)ccc1N1C(=O)CN(C)C1=S. The van der Waals surface area contributed by atoms with Crippen LogP contribution in [0.1, 0.15) is 5.56 Å². The number of hydrogen-bond donors (Lipinski definition) is 0. The van der Waals surface area contributed by atoms with Gasteiger partial charge in [-0.15, -0.1) is 0 Å². The van der Waals surface area contributed by atoms with E-state index in [4.69, 9.17) is 23.8 Å². The lowest BCUT2D eigenvalue weighted by molar-refractivity contribution is -0.116. The summed E-state index contributed by atoms with van der Waals surface area (Å²) in [5.41, 5.74) is 1.75. The average Bonchev–Trinajstić information content (AvgIpc) is 2.43. The van der Waals surface area contributed by atoms with Crippen LogP contribution >= 0.6 is 23.8 Å².